The third-order valence-electron chi connectivity index (χ3n) is 5.58. The second kappa shape index (κ2) is 10.6. The van der Waals surface area contributed by atoms with E-state index in [0.717, 1.165) is 31.7 Å². The van der Waals surface area contributed by atoms with Crippen LogP contribution >= 0.6 is 0 Å². The van der Waals surface area contributed by atoms with Crippen molar-refractivity contribution in [2.75, 3.05) is 13.2 Å². The fourth-order valence-electron chi connectivity index (χ4n) is 3.65. The number of hydrogen-bond donors (Lipinski definition) is 2. The number of carbonyl (C=O) groups is 4. The van der Waals surface area contributed by atoms with Crippen molar-refractivity contribution < 1.29 is 38.9 Å². The first kappa shape index (κ1) is 23.0. The van der Waals surface area contributed by atoms with Crippen molar-refractivity contribution in [2.24, 2.45) is 11.8 Å². The molecule has 8 heteroatoms. The van der Waals surface area contributed by atoms with Crippen molar-refractivity contribution in [1.29, 1.82) is 0 Å². The Morgan fingerprint density at radius 1 is 0.688 bits per heavy atom. The molecule has 0 aromatic heterocycles. The standard InChI is InChI=1S/C16H18O4.C8H6O4/c17-15-13-5-7-14(8-6-13)16(18)20-10-12-2-1-11(3-4-12)9-19-15;9-7(10)5-2-1-3-6(4-5)8(11)12/h5-8,11-12H,1-4,9-10H2;1-4H,(H,9,10)(H,11,12). The molecule has 2 N–H and O–H groups in total. The molecule has 8 nitrogen and oxygen atoms in total. The lowest BCUT2D eigenvalue weighted by molar-refractivity contribution is 0.0292. The number of carboxylic acid groups (broad SMARTS) is 2. The minimum atomic E-state index is -1.13. The zero-order valence-electron chi connectivity index (χ0n) is 17.4. The van der Waals surface area contributed by atoms with Gasteiger partial charge in [-0.1, -0.05) is 6.07 Å². The van der Waals surface area contributed by atoms with E-state index in [1.165, 1.54) is 18.2 Å². The minimum Gasteiger partial charge on any atom is -0.478 e. The summed E-state index contributed by atoms with van der Waals surface area (Å²) in [6, 6.07) is 11.7. The van der Waals surface area contributed by atoms with Gasteiger partial charge in [0.1, 0.15) is 0 Å². The van der Waals surface area contributed by atoms with Crippen LogP contribution in [0.3, 0.4) is 0 Å². The van der Waals surface area contributed by atoms with E-state index in [-0.39, 0.29) is 23.1 Å². The number of hydrogen-bond acceptors (Lipinski definition) is 6. The monoisotopic (exact) mass is 440 g/mol. The molecule has 4 bridgehead atoms. The average molecular weight is 440 g/mol. The Balaban J connectivity index is 0.000000207. The van der Waals surface area contributed by atoms with Crippen LogP contribution in [0.15, 0.2) is 48.5 Å². The molecule has 0 amide bonds. The second-order valence-corrected chi connectivity index (χ2v) is 7.85. The third-order valence-corrected chi connectivity index (χ3v) is 5.58. The van der Waals surface area contributed by atoms with Crippen LogP contribution in [-0.4, -0.2) is 47.3 Å². The summed E-state index contributed by atoms with van der Waals surface area (Å²) >= 11 is 0. The van der Waals surface area contributed by atoms with Crippen molar-refractivity contribution in [3.63, 3.8) is 0 Å². The molecule has 2 aromatic carbocycles. The summed E-state index contributed by atoms with van der Waals surface area (Å²) in [6.07, 6.45) is 4.14. The van der Waals surface area contributed by atoms with Crippen LogP contribution in [0, 0.1) is 11.8 Å². The Bertz CT molecular complexity index is 911. The summed E-state index contributed by atoms with van der Waals surface area (Å²) in [4.78, 5) is 44.6. The summed E-state index contributed by atoms with van der Waals surface area (Å²) in [5.41, 5.74) is 0.921. The highest BCUT2D eigenvalue weighted by Gasteiger charge is 2.24. The molecule has 0 radical (unpaired) electrons. The predicted octanol–water partition coefficient (Wildman–Crippen LogP) is 3.90. The van der Waals surface area contributed by atoms with E-state index in [1.54, 1.807) is 24.3 Å². The number of aromatic carboxylic acids is 2. The van der Waals surface area contributed by atoms with Gasteiger partial charge in [-0.05, 0) is 80.0 Å². The van der Waals surface area contributed by atoms with E-state index >= 15 is 0 Å². The molecular weight excluding hydrogens is 416 g/mol. The van der Waals surface area contributed by atoms with E-state index in [2.05, 4.69) is 0 Å². The number of carbonyl (C=O) groups excluding carboxylic acids is 2. The molecule has 1 fully saturated rings. The number of rotatable bonds is 2. The van der Waals surface area contributed by atoms with E-state index in [0.29, 0.717) is 36.2 Å². The smallest absolute Gasteiger partial charge is 0.338 e. The van der Waals surface area contributed by atoms with Crippen molar-refractivity contribution >= 4 is 23.9 Å². The van der Waals surface area contributed by atoms with Crippen LogP contribution in [0.1, 0.15) is 67.1 Å². The third kappa shape index (κ3) is 6.16. The number of esters is 2. The van der Waals surface area contributed by atoms with Gasteiger partial charge in [-0.25, -0.2) is 19.2 Å². The first-order chi connectivity index (χ1) is 15.3. The van der Waals surface area contributed by atoms with E-state index in [4.69, 9.17) is 19.7 Å². The Labute approximate surface area is 184 Å². The zero-order chi connectivity index (χ0) is 23.1. The Hall–Kier alpha value is -3.68. The first-order valence-electron chi connectivity index (χ1n) is 10.3. The van der Waals surface area contributed by atoms with Crippen LogP contribution in [0.25, 0.3) is 0 Å². The molecule has 0 unspecified atom stereocenters. The fraction of sp³-hybridized carbons (Fsp3) is 0.333. The molecule has 2 aromatic rings. The number of ether oxygens (including phenoxy) is 2. The molecule has 32 heavy (non-hydrogen) atoms. The van der Waals surface area contributed by atoms with Crippen LogP contribution in [0.5, 0.6) is 0 Å². The highest BCUT2D eigenvalue weighted by Crippen LogP contribution is 2.29. The lowest BCUT2D eigenvalue weighted by atomic mass is 9.83. The normalized spacial score (nSPS) is 20.2. The molecule has 4 heterocycles. The lowest BCUT2D eigenvalue weighted by Gasteiger charge is -2.28. The summed E-state index contributed by atoms with van der Waals surface area (Å²) in [5.74, 6) is -2.01. The van der Waals surface area contributed by atoms with Crippen LogP contribution in [0.4, 0.5) is 0 Å². The molecule has 0 atom stereocenters. The quantitative estimate of drug-likeness (QED) is 0.673. The molecule has 168 valence electrons. The van der Waals surface area contributed by atoms with Gasteiger partial charge in [0, 0.05) is 0 Å². The van der Waals surface area contributed by atoms with Gasteiger partial charge in [-0.15, -0.1) is 0 Å². The minimum absolute atomic E-state index is 0.0186. The molecule has 4 aliphatic heterocycles. The largest absolute Gasteiger partial charge is 0.478 e. The molecule has 1 saturated carbocycles. The van der Waals surface area contributed by atoms with Crippen LogP contribution in [-0.2, 0) is 9.47 Å². The maximum Gasteiger partial charge on any atom is 0.338 e. The van der Waals surface area contributed by atoms with Crippen LogP contribution in [0.2, 0.25) is 0 Å². The van der Waals surface area contributed by atoms with Gasteiger partial charge in [0.05, 0.1) is 35.5 Å². The molecular formula is C24H24O8. The van der Waals surface area contributed by atoms with Crippen LogP contribution < -0.4 is 0 Å². The highest BCUT2D eigenvalue weighted by atomic mass is 16.5. The molecule has 0 spiro atoms. The van der Waals surface area contributed by atoms with Crippen molar-refractivity contribution in [3.05, 3.63) is 70.8 Å². The summed E-state index contributed by atoms with van der Waals surface area (Å²) in [6.45, 7) is 0.986. The zero-order valence-corrected chi connectivity index (χ0v) is 17.4. The van der Waals surface area contributed by atoms with Gasteiger partial charge in [0.2, 0.25) is 0 Å². The molecule has 7 rings (SSSR count). The topological polar surface area (TPSA) is 127 Å². The first-order valence-corrected chi connectivity index (χ1v) is 10.3. The fourth-order valence-corrected chi connectivity index (χ4v) is 3.65. The van der Waals surface area contributed by atoms with E-state index < -0.39 is 11.9 Å². The second-order valence-electron chi connectivity index (χ2n) is 7.85. The Kier molecular flexibility index (Phi) is 7.59. The summed E-state index contributed by atoms with van der Waals surface area (Å²) in [7, 11) is 0. The van der Waals surface area contributed by atoms with Gasteiger partial charge in [0.15, 0.2) is 0 Å². The van der Waals surface area contributed by atoms with Gasteiger partial charge in [-0.2, -0.15) is 0 Å². The van der Waals surface area contributed by atoms with Gasteiger partial charge in [0.25, 0.3) is 0 Å². The van der Waals surface area contributed by atoms with Crippen molar-refractivity contribution in [3.8, 4) is 0 Å². The molecule has 0 saturated heterocycles. The Morgan fingerprint density at radius 2 is 1.06 bits per heavy atom. The van der Waals surface area contributed by atoms with Crippen molar-refractivity contribution in [2.45, 2.75) is 25.7 Å². The van der Waals surface area contributed by atoms with Gasteiger partial charge < -0.3 is 19.7 Å². The maximum absolute atomic E-state index is 11.9. The Morgan fingerprint density at radius 3 is 1.41 bits per heavy atom. The summed E-state index contributed by atoms with van der Waals surface area (Å²) < 4.78 is 10.7. The number of benzene rings is 2. The average Bonchev–Trinajstić information content (AvgIpc) is 2.82. The molecule has 1 aliphatic carbocycles. The molecule has 5 aliphatic rings. The summed E-state index contributed by atoms with van der Waals surface area (Å²) in [5, 5.41) is 17.0. The lowest BCUT2D eigenvalue weighted by Crippen LogP contribution is -2.24. The maximum atomic E-state index is 11.9. The van der Waals surface area contributed by atoms with E-state index in [1.807, 2.05) is 0 Å². The van der Waals surface area contributed by atoms with E-state index in [9.17, 15) is 19.2 Å². The van der Waals surface area contributed by atoms with Gasteiger partial charge in [-0.3, -0.25) is 0 Å². The van der Waals surface area contributed by atoms with Crippen molar-refractivity contribution in [1.82, 2.24) is 0 Å². The SMILES string of the molecule is O=C(O)c1cccc(C(=O)O)c1.O=C1OCC2CCC(CC2)COC(=O)c2ccc1cc2. The predicted molar refractivity (Wildman–Crippen MR) is 113 cm³/mol. The number of carboxylic acids is 2. The van der Waals surface area contributed by atoms with Gasteiger partial charge >= 0.3 is 23.9 Å². The highest BCUT2D eigenvalue weighted by molar-refractivity contribution is 5.94.